The van der Waals surface area contributed by atoms with Crippen LogP contribution in [0.25, 0.3) is 0 Å². The first-order chi connectivity index (χ1) is 27.8. The number of methoxy groups -OCH3 is 5. The number of allylic oxidation sites excluding steroid dienone is 2. The standard InChI is InChI=1S/C45H58N2O10/c1-51-37-18-16-31(27-38(37)52-2)15-17-36(33-13-9-14-35(28-33)57-26-23-46-21-24-56-25-22-46)45(44(49)50)19-10-20-47(45)43(48)41(32-11-7-6-8-12-32)34-29-39(53-3)42(55-5)40(30-34)54-4/h7,9,11,13-14,16,18,27-30,32,36,41H,6,8,10,12,15,17,19-26H2,1-5H3,(H,49,50)/t32-,36+,41-,45-/m0/s1. The Morgan fingerprint density at radius 1 is 0.842 bits per heavy atom. The Hall–Kier alpha value is -4.94. The number of benzene rings is 3. The van der Waals surface area contributed by atoms with Gasteiger partial charge in [0, 0.05) is 32.1 Å². The number of rotatable bonds is 18. The lowest BCUT2D eigenvalue weighted by molar-refractivity contribution is -0.159. The van der Waals surface area contributed by atoms with E-state index in [-0.39, 0.29) is 11.8 Å². The second kappa shape index (κ2) is 19.5. The highest BCUT2D eigenvalue weighted by Gasteiger charge is 2.57. The first kappa shape index (κ1) is 41.7. The number of hydrogen-bond acceptors (Lipinski definition) is 10. The van der Waals surface area contributed by atoms with Gasteiger partial charge in [0.1, 0.15) is 17.9 Å². The van der Waals surface area contributed by atoms with Gasteiger partial charge in [-0.25, -0.2) is 4.79 Å². The van der Waals surface area contributed by atoms with Crippen LogP contribution in [0.1, 0.15) is 67.1 Å². The quantitative estimate of drug-likeness (QED) is 0.138. The van der Waals surface area contributed by atoms with Crippen molar-refractivity contribution in [3.05, 3.63) is 83.4 Å². The zero-order valence-electron chi connectivity index (χ0n) is 34.0. The number of carboxylic acids is 1. The zero-order chi connectivity index (χ0) is 40.4. The van der Waals surface area contributed by atoms with Crippen molar-refractivity contribution in [2.45, 2.75) is 62.3 Å². The molecular formula is C45H58N2O10. The second-order valence-corrected chi connectivity index (χ2v) is 14.9. The number of carboxylic acid groups (broad SMARTS) is 1. The molecule has 3 aromatic carbocycles. The smallest absolute Gasteiger partial charge is 0.330 e. The highest BCUT2D eigenvalue weighted by atomic mass is 16.5. The molecule has 0 aromatic heterocycles. The maximum absolute atomic E-state index is 15.5. The molecule has 3 aromatic rings. The van der Waals surface area contributed by atoms with Gasteiger partial charge in [-0.05, 0) is 104 Å². The third-order valence-electron chi connectivity index (χ3n) is 11.9. The van der Waals surface area contributed by atoms with E-state index in [1.54, 1.807) is 40.4 Å². The lowest BCUT2D eigenvalue weighted by Crippen LogP contribution is -2.58. The van der Waals surface area contributed by atoms with Crippen molar-refractivity contribution in [3.63, 3.8) is 0 Å². The molecule has 1 N–H and O–H groups in total. The van der Waals surface area contributed by atoms with E-state index in [0.29, 0.717) is 92.1 Å². The van der Waals surface area contributed by atoms with Crippen LogP contribution in [0.2, 0.25) is 0 Å². The van der Waals surface area contributed by atoms with Gasteiger partial charge in [0.05, 0.1) is 54.7 Å². The van der Waals surface area contributed by atoms with Crippen molar-refractivity contribution in [1.29, 1.82) is 0 Å². The summed E-state index contributed by atoms with van der Waals surface area (Å²) in [5.41, 5.74) is 0.921. The van der Waals surface area contributed by atoms with Gasteiger partial charge in [0.25, 0.3) is 0 Å². The third-order valence-corrected chi connectivity index (χ3v) is 11.9. The Bertz CT molecular complexity index is 1830. The summed E-state index contributed by atoms with van der Waals surface area (Å²) in [5.74, 6) is 0.505. The Labute approximate surface area is 336 Å². The Morgan fingerprint density at radius 3 is 2.23 bits per heavy atom. The number of aliphatic carboxylic acids is 1. The van der Waals surface area contributed by atoms with E-state index in [1.807, 2.05) is 54.6 Å². The van der Waals surface area contributed by atoms with E-state index in [4.69, 9.17) is 33.2 Å². The number of carbonyl (C=O) groups excluding carboxylic acids is 1. The molecule has 4 atom stereocenters. The number of ether oxygens (including phenoxy) is 7. The average molecular weight is 787 g/mol. The van der Waals surface area contributed by atoms with Gasteiger partial charge in [0.15, 0.2) is 23.0 Å². The van der Waals surface area contributed by atoms with Gasteiger partial charge < -0.3 is 43.2 Å². The molecular weight excluding hydrogens is 728 g/mol. The highest BCUT2D eigenvalue weighted by Crippen LogP contribution is 2.49. The molecule has 1 amide bonds. The van der Waals surface area contributed by atoms with Crippen molar-refractivity contribution in [1.82, 2.24) is 9.80 Å². The lowest BCUT2D eigenvalue weighted by Gasteiger charge is -2.44. The number of carbonyl (C=O) groups is 2. The van der Waals surface area contributed by atoms with Gasteiger partial charge in [-0.1, -0.05) is 30.4 Å². The minimum atomic E-state index is -1.54. The van der Waals surface area contributed by atoms with E-state index < -0.39 is 23.3 Å². The third kappa shape index (κ3) is 9.12. The minimum Gasteiger partial charge on any atom is -0.493 e. The Kier molecular flexibility index (Phi) is 14.2. The van der Waals surface area contributed by atoms with Crippen LogP contribution in [0, 0.1) is 5.92 Å². The molecule has 0 spiro atoms. The maximum Gasteiger partial charge on any atom is 0.330 e. The van der Waals surface area contributed by atoms with Gasteiger partial charge in [0.2, 0.25) is 11.7 Å². The molecule has 2 fully saturated rings. The monoisotopic (exact) mass is 786 g/mol. The van der Waals surface area contributed by atoms with E-state index in [9.17, 15) is 9.90 Å². The summed E-state index contributed by atoms with van der Waals surface area (Å²) in [6.45, 7) is 4.70. The summed E-state index contributed by atoms with van der Waals surface area (Å²) in [6.07, 6.45) is 8.69. The van der Waals surface area contributed by atoms with E-state index in [1.165, 1.54) is 0 Å². The molecule has 0 radical (unpaired) electrons. The van der Waals surface area contributed by atoms with Crippen molar-refractivity contribution < 1.29 is 47.9 Å². The fraction of sp³-hybridized carbons (Fsp3) is 0.511. The molecule has 0 bridgehead atoms. The van der Waals surface area contributed by atoms with Crippen molar-refractivity contribution in [3.8, 4) is 34.5 Å². The fourth-order valence-electron chi connectivity index (χ4n) is 8.99. The molecule has 3 aliphatic rings. The summed E-state index contributed by atoms with van der Waals surface area (Å²) < 4.78 is 40.0. The predicted molar refractivity (Wildman–Crippen MR) is 216 cm³/mol. The van der Waals surface area contributed by atoms with Gasteiger partial charge in [-0.2, -0.15) is 0 Å². The van der Waals surface area contributed by atoms with E-state index in [0.717, 1.165) is 50.0 Å². The van der Waals surface area contributed by atoms with Gasteiger partial charge >= 0.3 is 5.97 Å². The number of likely N-dealkylation sites (tertiary alicyclic amines) is 1. The SMILES string of the molecule is COc1ccc(CC[C@H](c2cccc(OCCN3CCOCC3)c2)[C@]2(C(=O)O)CCCN2C(=O)[C@H](c2cc(OC)c(OC)c(OC)c2)[C@H]2C=CCCC2)cc1OC. The molecule has 0 unspecified atom stereocenters. The minimum absolute atomic E-state index is 0.158. The summed E-state index contributed by atoms with van der Waals surface area (Å²) in [7, 11) is 7.85. The Balaban J connectivity index is 1.41. The summed E-state index contributed by atoms with van der Waals surface area (Å²) in [6, 6.07) is 17.2. The molecule has 2 saturated heterocycles. The molecule has 6 rings (SSSR count). The molecule has 1 aliphatic carbocycles. The number of hydrogen-bond donors (Lipinski definition) is 1. The van der Waals surface area contributed by atoms with Crippen LogP contribution in [-0.4, -0.2) is 114 Å². The molecule has 2 heterocycles. The maximum atomic E-state index is 15.5. The predicted octanol–water partition coefficient (Wildman–Crippen LogP) is 6.74. The topological polar surface area (TPSA) is 125 Å². The molecule has 12 heteroatoms. The Morgan fingerprint density at radius 2 is 1.58 bits per heavy atom. The summed E-state index contributed by atoms with van der Waals surface area (Å²) in [4.78, 5) is 33.6. The van der Waals surface area contributed by atoms with Gasteiger partial charge in [-0.15, -0.1) is 0 Å². The average Bonchev–Trinajstić information content (AvgIpc) is 3.70. The fourth-order valence-corrected chi connectivity index (χ4v) is 8.99. The van der Waals surface area contributed by atoms with Crippen LogP contribution < -0.4 is 28.4 Å². The van der Waals surface area contributed by atoms with Crippen LogP contribution >= 0.6 is 0 Å². The summed E-state index contributed by atoms with van der Waals surface area (Å²) >= 11 is 0. The van der Waals surface area contributed by atoms with Crippen LogP contribution in [0.3, 0.4) is 0 Å². The molecule has 2 aliphatic heterocycles. The van der Waals surface area contributed by atoms with E-state index >= 15 is 4.79 Å². The molecule has 12 nitrogen and oxygen atoms in total. The van der Waals surface area contributed by atoms with Crippen molar-refractivity contribution in [2.24, 2.45) is 5.92 Å². The first-order valence-electron chi connectivity index (χ1n) is 20.0. The van der Waals surface area contributed by atoms with Crippen LogP contribution in [0.5, 0.6) is 34.5 Å². The van der Waals surface area contributed by atoms with Crippen molar-refractivity contribution >= 4 is 11.9 Å². The van der Waals surface area contributed by atoms with Crippen LogP contribution in [0.4, 0.5) is 0 Å². The lowest BCUT2D eigenvalue weighted by atomic mass is 9.72. The largest absolute Gasteiger partial charge is 0.493 e. The number of morpholine rings is 1. The zero-order valence-corrected chi connectivity index (χ0v) is 34.0. The second-order valence-electron chi connectivity index (χ2n) is 14.9. The molecule has 57 heavy (non-hydrogen) atoms. The van der Waals surface area contributed by atoms with Gasteiger partial charge in [-0.3, -0.25) is 9.69 Å². The first-order valence-corrected chi connectivity index (χ1v) is 20.0. The summed E-state index contributed by atoms with van der Waals surface area (Å²) in [5, 5.41) is 11.6. The number of aryl methyl sites for hydroxylation is 1. The number of nitrogens with zero attached hydrogens (tertiary/aromatic N) is 2. The van der Waals surface area contributed by atoms with Crippen molar-refractivity contribution in [2.75, 3.05) is 81.5 Å². The van der Waals surface area contributed by atoms with Crippen LogP contribution in [-0.2, 0) is 20.7 Å². The molecule has 308 valence electrons. The normalized spacial score (nSPS) is 20.7. The number of amides is 1. The highest BCUT2D eigenvalue weighted by molar-refractivity contribution is 5.93. The van der Waals surface area contributed by atoms with Crippen LogP contribution in [0.15, 0.2) is 66.7 Å². The van der Waals surface area contributed by atoms with E-state index in [2.05, 4.69) is 17.1 Å². The molecule has 0 saturated carbocycles.